The molecule has 0 spiro atoms. The zero-order chi connectivity index (χ0) is 15.1. The van der Waals surface area contributed by atoms with Crippen molar-refractivity contribution in [3.8, 4) is 0 Å². The number of unbranched alkanes of at least 4 members (excludes halogenated alkanes) is 2. The molecule has 0 aliphatic heterocycles. The van der Waals surface area contributed by atoms with Crippen molar-refractivity contribution in [3.63, 3.8) is 0 Å². The van der Waals surface area contributed by atoms with Crippen LogP contribution in [-0.2, 0) is 0 Å². The Morgan fingerprint density at radius 1 is 1.40 bits per heavy atom. The van der Waals surface area contributed by atoms with Gasteiger partial charge in [-0.3, -0.25) is 5.32 Å². The molecule has 0 radical (unpaired) electrons. The second-order valence-corrected chi connectivity index (χ2v) is 5.81. The Bertz CT molecular complexity index is 457. The summed E-state index contributed by atoms with van der Waals surface area (Å²) >= 11 is 1.22. The van der Waals surface area contributed by atoms with Crippen LogP contribution in [0.3, 0.4) is 0 Å². The summed E-state index contributed by atoms with van der Waals surface area (Å²) in [6.07, 6.45) is 3.13. The summed E-state index contributed by atoms with van der Waals surface area (Å²) in [5, 5.41) is 13.8. The van der Waals surface area contributed by atoms with Gasteiger partial charge in [-0.1, -0.05) is 19.8 Å². The highest BCUT2D eigenvalue weighted by molar-refractivity contribution is 7.14. The molecule has 0 bridgehead atoms. The number of rotatable bonds is 7. The van der Waals surface area contributed by atoms with Crippen LogP contribution in [0.5, 0.6) is 0 Å². The quantitative estimate of drug-likeness (QED) is 0.750. The first kappa shape index (κ1) is 16.5. The van der Waals surface area contributed by atoms with Gasteiger partial charge in [-0.05, 0) is 31.7 Å². The second-order valence-electron chi connectivity index (χ2n) is 4.89. The van der Waals surface area contributed by atoms with E-state index in [-0.39, 0.29) is 17.6 Å². The van der Waals surface area contributed by atoms with Gasteiger partial charge < -0.3 is 10.0 Å². The Balaban J connectivity index is 2.70. The zero-order valence-electron chi connectivity index (χ0n) is 12.2. The molecule has 0 saturated heterocycles. The number of carbonyl (C=O) groups excluding carboxylic acids is 1. The van der Waals surface area contributed by atoms with Gasteiger partial charge in [0.05, 0.1) is 5.56 Å². The van der Waals surface area contributed by atoms with Crippen molar-refractivity contribution in [3.05, 3.63) is 17.0 Å². The Labute approximate surface area is 123 Å². The molecule has 0 fully saturated rings. The van der Waals surface area contributed by atoms with Gasteiger partial charge in [0.25, 0.3) is 0 Å². The van der Waals surface area contributed by atoms with Crippen LogP contribution in [0.1, 0.15) is 50.4 Å². The van der Waals surface area contributed by atoms with Crippen LogP contribution in [0.15, 0.2) is 11.4 Å². The lowest BCUT2D eigenvalue weighted by Gasteiger charge is -2.26. The van der Waals surface area contributed by atoms with Crippen molar-refractivity contribution >= 4 is 28.3 Å². The van der Waals surface area contributed by atoms with Crippen molar-refractivity contribution in [2.75, 3.05) is 11.9 Å². The average Bonchev–Trinajstić information content (AvgIpc) is 2.82. The fourth-order valence-corrected chi connectivity index (χ4v) is 2.64. The molecule has 1 aromatic rings. The third kappa shape index (κ3) is 4.52. The van der Waals surface area contributed by atoms with Crippen LogP contribution in [-0.4, -0.2) is 34.6 Å². The lowest BCUT2D eigenvalue weighted by atomic mass is 10.2. The maximum absolute atomic E-state index is 12.2. The number of aromatic carboxylic acids is 1. The van der Waals surface area contributed by atoms with Gasteiger partial charge in [0, 0.05) is 12.6 Å². The number of urea groups is 1. The van der Waals surface area contributed by atoms with Gasteiger partial charge in [-0.25, -0.2) is 9.59 Å². The molecule has 2 amide bonds. The molecule has 5 nitrogen and oxygen atoms in total. The fourth-order valence-electron chi connectivity index (χ4n) is 1.87. The minimum atomic E-state index is -1.02. The fraction of sp³-hybridized carbons (Fsp3) is 0.571. The number of hydrogen-bond acceptors (Lipinski definition) is 3. The number of hydrogen-bond donors (Lipinski definition) is 2. The molecule has 1 heterocycles. The highest BCUT2D eigenvalue weighted by atomic mass is 32.1. The molecular weight excluding hydrogens is 276 g/mol. The Morgan fingerprint density at radius 3 is 2.65 bits per heavy atom. The number of anilines is 1. The summed E-state index contributed by atoms with van der Waals surface area (Å²) in [4.78, 5) is 25.0. The van der Waals surface area contributed by atoms with E-state index in [2.05, 4.69) is 12.2 Å². The first-order valence-corrected chi connectivity index (χ1v) is 7.73. The van der Waals surface area contributed by atoms with Crippen LogP contribution < -0.4 is 5.32 Å². The predicted octanol–water partition coefficient (Wildman–Crippen LogP) is 3.88. The summed E-state index contributed by atoms with van der Waals surface area (Å²) in [6, 6.07) is 1.35. The smallest absolute Gasteiger partial charge is 0.338 e. The number of amides is 2. The zero-order valence-corrected chi connectivity index (χ0v) is 13.0. The minimum absolute atomic E-state index is 0.0834. The van der Waals surface area contributed by atoms with Crippen LogP contribution in [0.4, 0.5) is 9.80 Å². The van der Waals surface area contributed by atoms with Crippen LogP contribution in [0.25, 0.3) is 0 Å². The van der Waals surface area contributed by atoms with Crippen molar-refractivity contribution in [1.82, 2.24) is 4.90 Å². The number of nitrogens with zero attached hydrogens (tertiary/aromatic N) is 1. The number of nitrogens with one attached hydrogen (secondary N) is 1. The standard InChI is InChI=1S/C14H22N2O3S/c1-4-5-6-8-16(10(2)3)14(19)15-12-11(13(17)18)7-9-20-12/h7,9-10H,4-6,8H2,1-3H3,(H,15,19)(H,17,18). The summed E-state index contributed by atoms with van der Waals surface area (Å²) in [5.74, 6) is -1.02. The number of carbonyl (C=O) groups is 2. The number of carboxylic acids is 1. The van der Waals surface area contributed by atoms with Gasteiger partial charge in [0.1, 0.15) is 5.00 Å². The summed E-state index contributed by atoms with van der Waals surface area (Å²) in [7, 11) is 0. The third-order valence-electron chi connectivity index (χ3n) is 3.00. The lowest BCUT2D eigenvalue weighted by molar-refractivity contribution is 0.0698. The van der Waals surface area contributed by atoms with E-state index >= 15 is 0 Å². The molecule has 0 aliphatic carbocycles. The monoisotopic (exact) mass is 298 g/mol. The van der Waals surface area contributed by atoms with E-state index in [0.717, 1.165) is 19.3 Å². The van der Waals surface area contributed by atoms with Crippen LogP contribution in [0, 0.1) is 0 Å². The average molecular weight is 298 g/mol. The van der Waals surface area contributed by atoms with Gasteiger partial charge >= 0.3 is 12.0 Å². The molecule has 6 heteroatoms. The van der Waals surface area contributed by atoms with E-state index in [0.29, 0.717) is 11.5 Å². The molecule has 0 aliphatic rings. The van der Waals surface area contributed by atoms with E-state index in [4.69, 9.17) is 5.11 Å². The van der Waals surface area contributed by atoms with E-state index in [1.54, 1.807) is 10.3 Å². The lowest BCUT2D eigenvalue weighted by Crippen LogP contribution is -2.40. The maximum atomic E-state index is 12.2. The second kappa shape index (κ2) is 7.89. The third-order valence-corrected chi connectivity index (χ3v) is 3.83. The summed E-state index contributed by atoms with van der Waals surface area (Å²) < 4.78 is 0. The largest absolute Gasteiger partial charge is 0.478 e. The number of carboxylic acid groups (broad SMARTS) is 1. The summed E-state index contributed by atoms with van der Waals surface area (Å²) in [6.45, 7) is 6.71. The molecule has 2 N–H and O–H groups in total. The van der Waals surface area contributed by atoms with Gasteiger partial charge in [0.15, 0.2) is 0 Å². The molecule has 1 aromatic heterocycles. The topological polar surface area (TPSA) is 69.6 Å². The molecule has 1 rings (SSSR count). The molecule has 0 unspecified atom stereocenters. The van der Waals surface area contributed by atoms with Gasteiger partial charge in [-0.15, -0.1) is 11.3 Å². The molecular formula is C14H22N2O3S. The molecule has 0 atom stereocenters. The van der Waals surface area contributed by atoms with Crippen molar-refractivity contribution in [1.29, 1.82) is 0 Å². The van der Waals surface area contributed by atoms with Crippen LogP contribution in [0.2, 0.25) is 0 Å². The van der Waals surface area contributed by atoms with Crippen molar-refractivity contribution in [2.24, 2.45) is 0 Å². The first-order valence-electron chi connectivity index (χ1n) is 6.85. The summed E-state index contributed by atoms with van der Waals surface area (Å²) in [5.41, 5.74) is 0.139. The number of thiophene rings is 1. The van der Waals surface area contributed by atoms with Gasteiger partial charge in [-0.2, -0.15) is 0 Å². The van der Waals surface area contributed by atoms with E-state index in [9.17, 15) is 9.59 Å². The Kier molecular flexibility index (Phi) is 6.51. The van der Waals surface area contributed by atoms with E-state index in [1.807, 2.05) is 13.8 Å². The maximum Gasteiger partial charge on any atom is 0.338 e. The van der Waals surface area contributed by atoms with Crippen LogP contribution >= 0.6 is 11.3 Å². The Hall–Kier alpha value is -1.56. The van der Waals surface area contributed by atoms with E-state index in [1.165, 1.54) is 17.4 Å². The SMILES string of the molecule is CCCCCN(C(=O)Nc1sccc1C(=O)O)C(C)C. The first-order chi connectivity index (χ1) is 9.47. The molecule has 0 saturated carbocycles. The highest BCUT2D eigenvalue weighted by Crippen LogP contribution is 2.23. The molecule has 112 valence electrons. The molecule has 20 heavy (non-hydrogen) atoms. The van der Waals surface area contributed by atoms with E-state index < -0.39 is 5.97 Å². The van der Waals surface area contributed by atoms with Gasteiger partial charge in [0.2, 0.25) is 0 Å². The normalized spacial score (nSPS) is 10.6. The Morgan fingerprint density at radius 2 is 2.10 bits per heavy atom. The van der Waals surface area contributed by atoms with Crippen molar-refractivity contribution in [2.45, 2.75) is 46.1 Å². The highest BCUT2D eigenvalue weighted by Gasteiger charge is 2.19. The molecule has 0 aromatic carbocycles. The minimum Gasteiger partial charge on any atom is -0.478 e. The predicted molar refractivity (Wildman–Crippen MR) is 81.7 cm³/mol. The van der Waals surface area contributed by atoms with Crippen molar-refractivity contribution < 1.29 is 14.7 Å².